The van der Waals surface area contributed by atoms with Crippen LogP contribution in [0.2, 0.25) is 0 Å². The van der Waals surface area contributed by atoms with Crippen molar-refractivity contribution in [3.63, 3.8) is 0 Å². The van der Waals surface area contributed by atoms with Crippen LogP contribution in [0.5, 0.6) is 0 Å². The van der Waals surface area contributed by atoms with Crippen molar-refractivity contribution >= 4 is 5.57 Å². The largest absolute Gasteiger partial charge is 0.0985 e. The van der Waals surface area contributed by atoms with Crippen LogP contribution < -0.4 is 0 Å². The molecule has 0 saturated carbocycles. The highest BCUT2D eigenvalue weighted by Gasteiger charge is 2.51. The van der Waals surface area contributed by atoms with Crippen molar-refractivity contribution in [3.05, 3.63) is 138 Å². The molecule has 0 unspecified atom stereocenters. The number of allylic oxidation sites excluding steroid dienone is 2. The lowest BCUT2D eigenvalue weighted by atomic mass is 9.70. The molecule has 0 atom stereocenters. The summed E-state index contributed by atoms with van der Waals surface area (Å²) < 4.78 is 0. The van der Waals surface area contributed by atoms with Crippen molar-refractivity contribution in [2.75, 3.05) is 0 Å². The van der Waals surface area contributed by atoms with E-state index in [1.165, 1.54) is 44.5 Å². The molecule has 0 N–H and O–H groups in total. The molecule has 0 saturated heterocycles. The summed E-state index contributed by atoms with van der Waals surface area (Å²) in [5, 5.41) is 0. The third-order valence-corrected chi connectivity index (χ3v) is 6.61. The van der Waals surface area contributed by atoms with Crippen LogP contribution in [0.15, 0.2) is 110 Å². The van der Waals surface area contributed by atoms with Crippen molar-refractivity contribution in [1.29, 1.82) is 0 Å². The van der Waals surface area contributed by atoms with Crippen molar-refractivity contribution in [3.8, 4) is 22.3 Å². The van der Waals surface area contributed by atoms with E-state index in [2.05, 4.69) is 104 Å². The maximum atomic E-state index is 4.17. The van der Waals surface area contributed by atoms with E-state index in [1.807, 2.05) is 6.08 Å². The molecule has 0 heteroatoms. The fourth-order valence-electron chi connectivity index (χ4n) is 5.42. The van der Waals surface area contributed by atoms with E-state index in [0.717, 1.165) is 11.1 Å². The second-order valence-electron chi connectivity index (χ2n) is 7.88. The molecule has 0 fully saturated rings. The molecular weight excluding hydrogens is 348 g/mol. The van der Waals surface area contributed by atoms with Crippen LogP contribution in [0.25, 0.3) is 27.8 Å². The molecule has 0 bridgehead atoms. The van der Waals surface area contributed by atoms with E-state index in [0.29, 0.717) is 0 Å². The normalized spacial score (nSPS) is 14.1. The summed E-state index contributed by atoms with van der Waals surface area (Å²) in [6.07, 6.45) is 1.83. The zero-order valence-electron chi connectivity index (χ0n) is 16.2. The zero-order chi connectivity index (χ0) is 19.6. The summed E-state index contributed by atoms with van der Waals surface area (Å²) in [6, 6.07) is 33.4. The van der Waals surface area contributed by atoms with Crippen LogP contribution in [-0.2, 0) is 5.41 Å². The van der Waals surface area contributed by atoms with E-state index < -0.39 is 0 Å². The summed E-state index contributed by atoms with van der Waals surface area (Å²) in [5.74, 6) is 0. The highest BCUT2D eigenvalue weighted by atomic mass is 14.5. The second-order valence-corrected chi connectivity index (χ2v) is 7.88. The summed E-state index contributed by atoms with van der Waals surface area (Å²) in [6.45, 7) is 8.07. The maximum Gasteiger partial charge on any atom is 0.0725 e. The molecule has 0 aliphatic heterocycles. The van der Waals surface area contributed by atoms with Gasteiger partial charge in [0.15, 0.2) is 0 Å². The second kappa shape index (κ2) is 5.68. The Morgan fingerprint density at radius 2 is 1.03 bits per heavy atom. The molecule has 4 aromatic rings. The Balaban J connectivity index is 1.79. The summed E-state index contributed by atoms with van der Waals surface area (Å²) >= 11 is 0. The smallest absolute Gasteiger partial charge is 0.0725 e. The molecule has 2 aliphatic carbocycles. The van der Waals surface area contributed by atoms with Gasteiger partial charge < -0.3 is 0 Å². The molecule has 0 nitrogen and oxygen atoms in total. The van der Waals surface area contributed by atoms with E-state index >= 15 is 0 Å². The molecule has 2 aliphatic rings. The third kappa shape index (κ3) is 1.89. The first-order valence-electron chi connectivity index (χ1n) is 10.0. The molecule has 6 rings (SSSR count). The molecule has 0 heterocycles. The minimum Gasteiger partial charge on any atom is -0.0985 e. The topological polar surface area (TPSA) is 0 Å². The minimum atomic E-state index is -0.257. The van der Waals surface area contributed by atoms with Gasteiger partial charge in [0, 0.05) is 0 Å². The van der Waals surface area contributed by atoms with Gasteiger partial charge in [0.2, 0.25) is 0 Å². The number of hydrogen-bond donors (Lipinski definition) is 0. The van der Waals surface area contributed by atoms with E-state index in [4.69, 9.17) is 0 Å². The Bertz CT molecular complexity index is 1290. The Kier molecular flexibility index (Phi) is 3.20. The van der Waals surface area contributed by atoms with Gasteiger partial charge in [-0.05, 0) is 61.7 Å². The highest BCUT2D eigenvalue weighted by Crippen LogP contribution is 2.62. The first kappa shape index (κ1) is 16.3. The van der Waals surface area contributed by atoms with E-state index in [1.54, 1.807) is 0 Å². The van der Waals surface area contributed by atoms with Gasteiger partial charge in [-0.25, -0.2) is 0 Å². The Morgan fingerprint density at radius 3 is 1.55 bits per heavy atom. The van der Waals surface area contributed by atoms with Gasteiger partial charge in [-0.15, -0.1) is 0 Å². The molecular formula is C29H20. The quantitative estimate of drug-likeness (QED) is 0.283. The Hall–Kier alpha value is -3.64. The predicted molar refractivity (Wildman–Crippen MR) is 122 cm³/mol. The molecule has 1 spiro atoms. The Morgan fingerprint density at radius 1 is 0.586 bits per heavy atom. The van der Waals surface area contributed by atoms with Gasteiger partial charge >= 0.3 is 0 Å². The van der Waals surface area contributed by atoms with Crippen LogP contribution in [-0.4, -0.2) is 0 Å². The lowest BCUT2D eigenvalue weighted by Crippen LogP contribution is -2.25. The van der Waals surface area contributed by atoms with E-state index in [-0.39, 0.29) is 5.41 Å². The van der Waals surface area contributed by atoms with Gasteiger partial charge in [-0.3, -0.25) is 0 Å². The van der Waals surface area contributed by atoms with Crippen molar-refractivity contribution in [1.82, 2.24) is 0 Å². The van der Waals surface area contributed by atoms with Gasteiger partial charge in [-0.2, -0.15) is 0 Å². The van der Waals surface area contributed by atoms with Gasteiger partial charge in [0.1, 0.15) is 0 Å². The minimum absolute atomic E-state index is 0.257. The number of rotatable bonds is 2. The zero-order valence-corrected chi connectivity index (χ0v) is 16.2. The Labute approximate surface area is 171 Å². The van der Waals surface area contributed by atoms with Crippen LogP contribution in [0.3, 0.4) is 0 Å². The van der Waals surface area contributed by atoms with Crippen molar-refractivity contribution in [2.45, 2.75) is 5.41 Å². The van der Waals surface area contributed by atoms with E-state index in [9.17, 15) is 0 Å². The van der Waals surface area contributed by atoms with Gasteiger partial charge in [-0.1, -0.05) is 104 Å². The van der Waals surface area contributed by atoms with Crippen LogP contribution >= 0.6 is 0 Å². The maximum absolute atomic E-state index is 4.17. The molecule has 0 amide bonds. The molecule has 29 heavy (non-hydrogen) atoms. The monoisotopic (exact) mass is 368 g/mol. The fourth-order valence-corrected chi connectivity index (χ4v) is 5.42. The first-order valence-corrected chi connectivity index (χ1v) is 10.0. The van der Waals surface area contributed by atoms with Crippen molar-refractivity contribution in [2.24, 2.45) is 0 Å². The SMILES string of the molecule is C=CC(=C)c1ccc2c(c1)-c1ccccc1C21c2ccccc2-c2ccccc21. The molecule has 0 radical (unpaired) electrons. The van der Waals surface area contributed by atoms with Gasteiger partial charge in [0.05, 0.1) is 5.41 Å². The average Bonchev–Trinajstić information content (AvgIpc) is 3.25. The first-order chi connectivity index (χ1) is 14.3. The summed E-state index contributed by atoms with van der Waals surface area (Å²) in [5.41, 5.74) is 12.6. The summed E-state index contributed by atoms with van der Waals surface area (Å²) in [7, 11) is 0. The highest BCUT2D eigenvalue weighted by molar-refractivity contribution is 5.95. The third-order valence-electron chi connectivity index (χ3n) is 6.61. The van der Waals surface area contributed by atoms with Crippen LogP contribution in [0, 0.1) is 0 Å². The molecule has 4 aromatic carbocycles. The van der Waals surface area contributed by atoms with Gasteiger partial charge in [0.25, 0.3) is 0 Å². The number of hydrogen-bond acceptors (Lipinski definition) is 0. The van der Waals surface area contributed by atoms with Crippen LogP contribution in [0.1, 0.15) is 27.8 Å². The lowest BCUT2D eigenvalue weighted by molar-refractivity contribution is 0.793. The molecule has 0 aromatic heterocycles. The standard InChI is InChI=1S/C29H20/c1-3-19(2)20-16-17-28-24(18-20)23-12-6-9-15-27(23)29(28)25-13-7-4-10-21(25)22-11-5-8-14-26(22)29/h3-18H,1-2H2. The van der Waals surface area contributed by atoms with Crippen molar-refractivity contribution < 1.29 is 0 Å². The predicted octanol–water partition coefficient (Wildman–Crippen LogP) is 7.23. The molecule has 136 valence electrons. The number of benzene rings is 4. The lowest BCUT2D eigenvalue weighted by Gasteiger charge is -2.30. The summed E-state index contributed by atoms with van der Waals surface area (Å²) in [4.78, 5) is 0. The fraction of sp³-hybridized carbons (Fsp3) is 0.0345. The van der Waals surface area contributed by atoms with Crippen LogP contribution in [0.4, 0.5) is 0 Å². The number of fused-ring (bicyclic) bond motifs is 10. The average molecular weight is 368 g/mol.